The smallest absolute Gasteiger partial charge is 0.225 e. The van der Waals surface area contributed by atoms with Gasteiger partial charge in [0.1, 0.15) is 17.3 Å². The van der Waals surface area contributed by atoms with Gasteiger partial charge in [0.05, 0.1) is 18.6 Å². The molecule has 2 aromatic heterocycles. The predicted octanol–water partition coefficient (Wildman–Crippen LogP) is 2.49. The van der Waals surface area contributed by atoms with Crippen molar-refractivity contribution in [1.29, 1.82) is 0 Å². The van der Waals surface area contributed by atoms with Crippen LogP contribution in [-0.2, 0) is 16.0 Å². The minimum atomic E-state index is 0.217. The quantitative estimate of drug-likeness (QED) is 0.729. The van der Waals surface area contributed by atoms with Gasteiger partial charge in [-0.15, -0.1) is 11.3 Å². The predicted molar refractivity (Wildman–Crippen MR) is 112 cm³/mol. The van der Waals surface area contributed by atoms with Crippen molar-refractivity contribution in [2.45, 2.75) is 56.6 Å². The van der Waals surface area contributed by atoms with E-state index in [1.165, 1.54) is 23.3 Å². The molecule has 0 bridgehead atoms. The average Bonchev–Trinajstić information content (AvgIpc) is 3.33. The molecule has 2 aromatic rings. The normalized spacial score (nSPS) is 27.7. The molecule has 0 spiro atoms. The highest BCUT2D eigenvalue weighted by molar-refractivity contribution is 7.19. The molecule has 5 rings (SSSR count). The van der Waals surface area contributed by atoms with Crippen LogP contribution >= 0.6 is 11.3 Å². The molecule has 2 aliphatic carbocycles. The average molecular weight is 417 g/mol. The molecule has 0 radical (unpaired) electrons. The maximum Gasteiger partial charge on any atom is 0.225 e. The SMILES string of the molecule is O=CNC[C@H]1CCc2sc3ncnc(OC4CCC(N5CCOCC5)CC4)c3c21. The van der Waals surface area contributed by atoms with E-state index in [-0.39, 0.29) is 6.10 Å². The van der Waals surface area contributed by atoms with E-state index in [2.05, 4.69) is 20.2 Å². The summed E-state index contributed by atoms with van der Waals surface area (Å²) in [6, 6.07) is 0.661. The van der Waals surface area contributed by atoms with Crippen LogP contribution in [0, 0.1) is 0 Å². The second kappa shape index (κ2) is 8.53. The Bertz CT molecular complexity index is 859. The lowest BCUT2D eigenvalue weighted by molar-refractivity contribution is -0.109. The van der Waals surface area contributed by atoms with Crippen LogP contribution in [0.3, 0.4) is 0 Å². The van der Waals surface area contributed by atoms with Crippen molar-refractivity contribution in [1.82, 2.24) is 20.2 Å². The van der Waals surface area contributed by atoms with Gasteiger partial charge < -0.3 is 14.8 Å². The molecule has 1 aliphatic heterocycles. The van der Waals surface area contributed by atoms with Gasteiger partial charge in [-0.3, -0.25) is 9.69 Å². The zero-order valence-electron chi connectivity index (χ0n) is 16.6. The largest absolute Gasteiger partial charge is 0.474 e. The summed E-state index contributed by atoms with van der Waals surface area (Å²) in [6.45, 7) is 4.50. The zero-order valence-corrected chi connectivity index (χ0v) is 17.5. The monoisotopic (exact) mass is 416 g/mol. The first-order valence-electron chi connectivity index (χ1n) is 10.7. The van der Waals surface area contributed by atoms with E-state index in [4.69, 9.17) is 9.47 Å². The van der Waals surface area contributed by atoms with E-state index < -0.39 is 0 Å². The molecule has 1 atom stereocenters. The number of aryl methyl sites for hydroxylation is 1. The summed E-state index contributed by atoms with van der Waals surface area (Å²) in [4.78, 5) is 24.8. The number of ether oxygens (including phenoxy) is 2. The number of aromatic nitrogens is 2. The first kappa shape index (κ1) is 19.2. The van der Waals surface area contributed by atoms with Gasteiger partial charge in [0.15, 0.2) is 0 Å². The third kappa shape index (κ3) is 3.85. The summed E-state index contributed by atoms with van der Waals surface area (Å²) < 4.78 is 12.0. The van der Waals surface area contributed by atoms with Crippen LogP contribution in [-0.4, -0.2) is 66.3 Å². The number of amides is 1. The molecule has 3 heterocycles. The lowest BCUT2D eigenvalue weighted by atomic mass is 9.91. The Morgan fingerprint density at radius 1 is 1.21 bits per heavy atom. The maximum atomic E-state index is 10.8. The van der Waals surface area contributed by atoms with Gasteiger partial charge in [-0.2, -0.15) is 0 Å². The second-order valence-electron chi connectivity index (χ2n) is 8.26. The molecule has 0 aromatic carbocycles. The summed E-state index contributed by atoms with van der Waals surface area (Å²) >= 11 is 1.75. The molecule has 2 fully saturated rings. The fraction of sp³-hybridized carbons (Fsp3) is 0.667. The van der Waals surface area contributed by atoms with Crippen molar-refractivity contribution in [3.63, 3.8) is 0 Å². The molecule has 156 valence electrons. The molecule has 1 N–H and O–H groups in total. The van der Waals surface area contributed by atoms with Gasteiger partial charge >= 0.3 is 0 Å². The Hall–Kier alpha value is -1.77. The first-order valence-corrected chi connectivity index (χ1v) is 11.6. The Labute approximate surface area is 174 Å². The van der Waals surface area contributed by atoms with Gasteiger partial charge in [0.2, 0.25) is 12.3 Å². The van der Waals surface area contributed by atoms with Crippen molar-refractivity contribution < 1.29 is 14.3 Å². The van der Waals surface area contributed by atoms with Crippen LogP contribution < -0.4 is 10.1 Å². The third-order valence-corrected chi connectivity index (χ3v) is 7.80. The van der Waals surface area contributed by atoms with Crippen LogP contribution in [0.15, 0.2) is 6.33 Å². The van der Waals surface area contributed by atoms with Crippen molar-refractivity contribution in [2.75, 3.05) is 32.8 Å². The fourth-order valence-electron chi connectivity index (χ4n) is 5.15. The van der Waals surface area contributed by atoms with Gasteiger partial charge in [-0.1, -0.05) is 0 Å². The first-order chi connectivity index (χ1) is 14.3. The summed E-state index contributed by atoms with van der Waals surface area (Å²) in [7, 11) is 0. The van der Waals surface area contributed by atoms with Gasteiger partial charge in [0, 0.05) is 36.5 Å². The number of carbonyl (C=O) groups is 1. The summed E-state index contributed by atoms with van der Waals surface area (Å²) in [5, 5.41) is 3.93. The van der Waals surface area contributed by atoms with Crippen molar-refractivity contribution in [3.05, 3.63) is 16.8 Å². The molecule has 3 aliphatic rings. The number of hydrogen-bond donors (Lipinski definition) is 1. The number of fused-ring (bicyclic) bond motifs is 3. The third-order valence-electron chi connectivity index (χ3n) is 6.63. The highest BCUT2D eigenvalue weighted by atomic mass is 32.1. The van der Waals surface area contributed by atoms with E-state index in [0.29, 0.717) is 18.5 Å². The molecule has 29 heavy (non-hydrogen) atoms. The molecular weight excluding hydrogens is 388 g/mol. The van der Waals surface area contributed by atoms with E-state index in [1.807, 2.05) is 0 Å². The van der Waals surface area contributed by atoms with Gasteiger partial charge in [-0.05, 0) is 44.1 Å². The molecule has 7 nitrogen and oxygen atoms in total. The molecule has 0 unspecified atom stereocenters. The number of nitrogens with zero attached hydrogens (tertiary/aromatic N) is 3. The number of rotatable bonds is 6. The molecule has 8 heteroatoms. The summed E-state index contributed by atoms with van der Waals surface area (Å²) in [5.74, 6) is 1.06. The molecule has 1 saturated heterocycles. The van der Waals surface area contributed by atoms with E-state index in [9.17, 15) is 4.79 Å². The van der Waals surface area contributed by atoms with Crippen molar-refractivity contribution in [2.24, 2.45) is 0 Å². The number of nitrogens with one attached hydrogen (secondary N) is 1. The van der Waals surface area contributed by atoms with Crippen molar-refractivity contribution in [3.8, 4) is 5.88 Å². The highest BCUT2D eigenvalue weighted by Gasteiger charge is 2.32. The number of hydrogen-bond acceptors (Lipinski definition) is 7. The van der Waals surface area contributed by atoms with Crippen LogP contribution in [0.1, 0.15) is 48.5 Å². The Morgan fingerprint density at radius 2 is 2.03 bits per heavy atom. The number of thiophene rings is 1. The minimum Gasteiger partial charge on any atom is -0.474 e. The Kier molecular flexibility index (Phi) is 5.65. The van der Waals surface area contributed by atoms with Crippen LogP contribution in [0.25, 0.3) is 10.2 Å². The van der Waals surface area contributed by atoms with Crippen molar-refractivity contribution >= 4 is 28.0 Å². The standard InChI is InChI=1S/C21H28N4O3S/c26-13-22-11-14-1-6-17-18(14)19-20(23-12-24-21(19)29-17)28-16-4-2-15(3-5-16)25-7-9-27-10-8-25/h12-16H,1-11H2,(H,22,26)/t14-,15?,16?/m1/s1. The van der Waals surface area contributed by atoms with Gasteiger partial charge in [-0.25, -0.2) is 9.97 Å². The molecular formula is C21H28N4O3S. The lowest BCUT2D eigenvalue weighted by Gasteiger charge is -2.38. The summed E-state index contributed by atoms with van der Waals surface area (Å²) in [5.41, 5.74) is 1.30. The Balaban J connectivity index is 1.30. The fourth-order valence-corrected chi connectivity index (χ4v) is 6.38. The van der Waals surface area contributed by atoms with E-state index >= 15 is 0 Å². The summed E-state index contributed by atoms with van der Waals surface area (Å²) in [6.07, 6.45) is 9.22. The maximum absolute atomic E-state index is 10.8. The van der Waals surface area contributed by atoms with Crippen LogP contribution in [0.5, 0.6) is 5.88 Å². The second-order valence-corrected chi connectivity index (χ2v) is 9.34. The highest BCUT2D eigenvalue weighted by Crippen LogP contribution is 2.46. The number of morpholine rings is 1. The van der Waals surface area contributed by atoms with E-state index in [1.54, 1.807) is 17.7 Å². The molecule has 1 amide bonds. The van der Waals surface area contributed by atoms with E-state index in [0.717, 1.165) is 74.5 Å². The minimum absolute atomic E-state index is 0.217. The van der Waals surface area contributed by atoms with Gasteiger partial charge in [0.25, 0.3) is 0 Å². The Morgan fingerprint density at radius 3 is 2.83 bits per heavy atom. The zero-order chi connectivity index (χ0) is 19.6. The van der Waals surface area contributed by atoms with Crippen LogP contribution in [0.2, 0.25) is 0 Å². The lowest BCUT2D eigenvalue weighted by Crippen LogP contribution is -2.46. The number of carbonyl (C=O) groups excluding carboxylic acids is 1. The molecule has 1 saturated carbocycles. The van der Waals surface area contributed by atoms with Crippen LogP contribution in [0.4, 0.5) is 0 Å². The topological polar surface area (TPSA) is 76.6 Å².